The number of piperidine rings is 1. The Labute approximate surface area is 94.8 Å². The Kier molecular flexibility index (Phi) is 2.93. The van der Waals surface area contributed by atoms with Crippen LogP contribution in [0.3, 0.4) is 0 Å². The van der Waals surface area contributed by atoms with Gasteiger partial charge in [-0.25, -0.2) is 0 Å². The van der Waals surface area contributed by atoms with Gasteiger partial charge in [-0.3, -0.25) is 4.90 Å². The first-order chi connectivity index (χ1) is 6.55. The molecule has 82 valence electrons. The van der Waals surface area contributed by atoms with Crippen LogP contribution < -0.4 is 0 Å². The van der Waals surface area contributed by atoms with Crippen molar-refractivity contribution >= 4 is 15.9 Å². The van der Waals surface area contributed by atoms with Crippen molar-refractivity contribution in [2.45, 2.75) is 38.2 Å². The summed E-state index contributed by atoms with van der Waals surface area (Å²) < 4.78 is 0. The Morgan fingerprint density at radius 2 is 2.07 bits per heavy atom. The zero-order chi connectivity index (χ0) is 10.2. The molecule has 0 bridgehead atoms. The summed E-state index contributed by atoms with van der Waals surface area (Å²) in [6, 6.07) is 0. The van der Waals surface area contributed by atoms with Gasteiger partial charge in [-0.1, -0.05) is 15.9 Å². The fourth-order valence-electron chi connectivity index (χ4n) is 2.44. The molecule has 1 unspecified atom stereocenters. The monoisotopic (exact) mass is 261 g/mol. The molecule has 1 saturated carbocycles. The van der Waals surface area contributed by atoms with Crippen molar-refractivity contribution in [1.82, 2.24) is 4.90 Å². The lowest BCUT2D eigenvalue weighted by Crippen LogP contribution is -2.48. The molecule has 2 nitrogen and oxygen atoms in total. The minimum atomic E-state index is -0.444. The second-order valence-electron chi connectivity index (χ2n) is 5.44. The SMILES string of the molecule is CC1(O)CCCN(CC2(CBr)CC2)C1. The van der Waals surface area contributed by atoms with Crippen molar-refractivity contribution in [2.24, 2.45) is 5.41 Å². The maximum atomic E-state index is 9.98. The third kappa shape index (κ3) is 2.50. The van der Waals surface area contributed by atoms with Crippen molar-refractivity contribution in [3.8, 4) is 0 Å². The number of halogens is 1. The van der Waals surface area contributed by atoms with Gasteiger partial charge in [-0.15, -0.1) is 0 Å². The molecular weight excluding hydrogens is 242 g/mol. The molecule has 1 aliphatic heterocycles. The van der Waals surface area contributed by atoms with Crippen LogP contribution in [0.5, 0.6) is 0 Å². The summed E-state index contributed by atoms with van der Waals surface area (Å²) in [6.45, 7) is 5.17. The molecule has 1 atom stereocenters. The number of hydrogen-bond acceptors (Lipinski definition) is 2. The summed E-state index contributed by atoms with van der Waals surface area (Å²) in [5, 5.41) is 11.1. The molecule has 0 aromatic heterocycles. The van der Waals surface area contributed by atoms with Crippen LogP contribution in [0.2, 0.25) is 0 Å². The van der Waals surface area contributed by atoms with Gasteiger partial charge in [0.25, 0.3) is 0 Å². The second kappa shape index (κ2) is 3.76. The van der Waals surface area contributed by atoms with E-state index in [1.54, 1.807) is 0 Å². The molecule has 2 rings (SSSR count). The van der Waals surface area contributed by atoms with E-state index in [1.165, 1.54) is 25.9 Å². The van der Waals surface area contributed by atoms with Gasteiger partial charge in [0.05, 0.1) is 5.60 Å². The first kappa shape index (κ1) is 10.9. The number of hydrogen-bond donors (Lipinski definition) is 1. The van der Waals surface area contributed by atoms with Crippen molar-refractivity contribution in [1.29, 1.82) is 0 Å². The number of nitrogens with zero attached hydrogens (tertiary/aromatic N) is 1. The quantitative estimate of drug-likeness (QED) is 0.786. The highest BCUT2D eigenvalue weighted by atomic mass is 79.9. The van der Waals surface area contributed by atoms with Crippen LogP contribution in [0.25, 0.3) is 0 Å². The maximum absolute atomic E-state index is 9.98. The zero-order valence-electron chi connectivity index (χ0n) is 8.93. The van der Waals surface area contributed by atoms with E-state index >= 15 is 0 Å². The van der Waals surface area contributed by atoms with Crippen LogP contribution >= 0.6 is 15.9 Å². The van der Waals surface area contributed by atoms with E-state index in [9.17, 15) is 5.11 Å². The largest absolute Gasteiger partial charge is 0.389 e. The highest BCUT2D eigenvalue weighted by Gasteiger charge is 2.44. The number of alkyl halides is 1. The van der Waals surface area contributed by atoms with E-state index in [0.29, 0.717) is 5.41 Å². The Balaban J connectivity index is 1.86. The molecule has 14 heavy (non-hydrogen) atoms. The molecule has 0 amide bonds. The van der Waals surface area contributed by atoms with E-state index in [-0.39, 0.29) is 0 Å². The van der Waals surface area contributed by atoms with E-state index in [2.05, 4.69) is 20.8 Å². The van der Waals surface area contributed by atoms with Gasteiger partial charge in [0.1, 0.15) is 0 Å². The Bertz CT molecular complexity index is 213. The summed E-state index contributed by atoms with van der Waals surface area (Å²) in [6.07, 6.45) is 4.82. The van der Waals surface area contributed by atoms with Crippen LogP contribution in [0, 0.1) is 5.41 Å². The molecular formula is C11H20BrNO. The third-order valence-corrected chi connectivity index (χ3v) is 4.74. The Morgan fingerprint density at radius 3 is 2.57 bits per heavy atom. The van der Waals surface area contributed by atoms with Crippen molar-refractivity contribution in [3.05, 3.63) is 0 Å². The molecule has 0 aromatic rings. The number of aliphatic hydroxyl groups is 1. The van der Waals surface area contributed by atoms with Gasteiger partial charge in [0, 0.05) is 18.4 Å². The average molecular weight is 262 g/mol. The van der Waals surface area contributed by atoms with E-state index < -0.39 is 5.60 Å². The topological polar surface area (TPSA) is 23.5 Å². The molecule has 2 aliphatic rings. The summed E-state index contributed by atoms with van der Waals surface area (Å²) in [5.74, 6) is 0. The molecule has 2 fully saturated rings. The number of likely N-dealkylation sites (tertiary alicyclic amines) is 1. The molecule has 0 spiro atoms. The zero-order valence-corrected chi connectivity index (χ0v) is 10.5. The number of rotatable bonds is 3. The molecule has 1 N–H and O–H groups in total. The predicted octanol–water partition coefficient (Wildman–Crippen LogP) is 2.01. The van der Waals surface area contributed by atoms with Crippen LogP contribution in [-0.2, 0) is 0 Å². The van der Waals surface area contributed by atoms with Gasteiger partial charge in [0.15, 0.2) is 0 Å². The van der Waals surface area contributed by atoms with E-state index in [1.807, 2.05) is 6.92 Å². The molecule has 1 heterocycles. The maximum Gasteiger partial charge on any atom is 0.0746 e. The molecule has 0 aromatic carbocycles. The summed E-state index contributed by atoms with van der Waals surface area (Å²) in [7, 11) is 0. The van der Waals surface area contributed by atoms with E-state index in [0.717, 1.165) is 24.7 Å². The molecule has 3 heteroatoms. The fourth-order valence-corrected chi connectivity index (χ4v) is 3.18. The van der Waals surface area contributed by atoms with Crippen LogP contribution in [0.1, 0.15) is 32.6 Å². The highest BCUT2D eigenvalue weighted by Crippen LogP contribution is 2.48. The summed E-state index contributed by atoms with van der Waals surface area (Å²) >= 11 is 3.60. The van der Waals surface area contributed by atoms with E-state index in [4.69, 9.17) is 0 Å². The second-order valence-corrected chi connectivity index (χ2v) is 6.01. The lowest BCUT2D eigenvalue weighted by molar-refractivity contribution is -0.0201. The molecule has 1 aliphatic carbocycles. The van der Waals surface area contributed by atoms with Crippen LogP contribution in [0.4, 0.5) is 0 Å². The number of β-amino-alcohol motifs (C(OH)–C–C–N with tert-alkyl or cyclic N) is 1. The van der Waals surface area contributed by atoms with Gasteiger partial charge in [-0.2, -0.15) is 0 Å². The van der Waals surface area contributed by atoms with Crippen molar-refractivity contribution < 1.29 is 5.11 Å². The first-order valence-electron chi connectivity index (χ1n) is 5.56. The minimum Gasteiger partial charge on any atom is -0.389 e. The average Bonchev–Trinajstić information content (AvgIpc) is 2.84. The Hall–Kier alpha value is 0.400. The van der Waals surface area contributed by atoms with Crippen molar-refractivity contribution in [2.75, 3.05) is 25.0 Å². The lowest BCUT2D eigenvalue weighted by atomic mass is 9.94. The minimum absolute atomic E-state index is 0.444. The predicted molar refractivity (Wildman–Crippen MR) is 61.8 cm³/mol. The highest BCUT2D eigenvalue weighted by molar-refractivity contribution is 9.09. The van der Waals surface area contributed by atoms with Gasteiger partial charge >= 0.3 is 0 Å². The lowest BCUT2D eigenvalue weighted by Gasteiger charge is -2.38. The first-order valence-corrected chi connectivity index (χ1v) is 6.68. The summed E-state index contributed by atoms with van der Waals surface area (Å²) in [5.41, 5.74) is 0.105. The smallest absolute Gasteiger partial charge is 0.0746 e. The normalized spacial score (nSPS) is 37.1. The Morgan fingerprint density at radius 1 is 1.36 bits per heavy atom. The van der Waals surface area contributed by atoms with Gasteiger partial charge in [0.2, 0.25) is 0 Å². The van der Waals surface area contributed by atoms with Crippen LogP contribution in [0.15, 0.2) is 0 Å². The molecule has 0 radical (unpaired) electrons. The van der Waals surface area contributed by atoms with Gasteiger partial charge < -0.3 is 5.11 Å². The third-order valence-electron chi connectivity index (χ3n) is 3.55. The standard InChI is InChI=1S/C11H20BrNO/c1-10(14)3-2-6-13(8-10)9-11(7-12)4-5-11/h14H,2-9H2,1H3. The van der Waals surface area contributed by atoms with Gasteiger partial charge in [-0.05, 0) is 44.6 Å². The summed E-state index contributed by atoms with van der Waals surface area (Å²) in [4.78, 5) is 2.44. The fraction of sp³-hybridized carbons (Fsp3) is 1.00. The van der Waals surface area contributed by atoms with Crippen LogP contribution in [-0.4, -0.2) is 40.6 Å². The molecule has 1 saturated heterocycles. The van der Waals surface area contributed by atoms with Crippen molar-refractivity contribution in [3.63, 3.8) is 0 Å².